The summed E-state index contributed by atoms with van der Waals surface area (Å²) in [7, 11) is 0. The summed E-state index contributed by atoms with van der Waals surface area (Å²) >= 11 is 0. The Labute approximate surface area is 139 Å². The van der Waals surface area contributed by atoms with E-state index in [1.165, 1.54) is 44.9 Å². The predicted molar refractivity (Wildman–Crippen MR) is 90.1 cm³/mol. The van der Waals surface area contributed by atoms with Crippen molar-refractivity contribution >= 4 is 17.8 Å². The highest BCUT2D eigenvalue weighted by Gasteiger charge is 2.06. The average molecular weight is 328 g/mol. The molecule has 0 aromatic heterocycles. The number of carboxylic acid groups (broad SMARTS) is 1. The van der Waals surface area contributed by atoms with E-state index < -0.39 is 18.4 Å². The third kappa shape index (κ3) is 16.6. The standard InChI is InChI=1S/C17H32N2O4/c1-2-3-4-5-6-7-8-9-10-11-12-15(20)18-13-16(21)19-14-17(22)23/h2-14H2,1H3,(H,18,20)(H,19,21)(H,22,23). The van der Waals surface area contributed by atoms with Crippen LogP contribution in [0.25, 0.3) is 0 Å². The first-order chi connectivity index (χ1) is 11.1. The Hall–Kier alpha value is -1.59. The van der Waals surface area contributed by atoms with Gasteiger partial charge in [-0.1, -0.05) is 64.7 Å². The zero-order valence-electron chi connectivity index (χ0n) is 14.4. The molecule has 0 aliphatic heterocycles. The molecule has 0 fully saturated rings. The van der Waals surface area contributed by atoms with Gasteiger partial charge in [-0.3, -0.25) is 14.4 Å². The number of rotatable bonds is 15. The smallest absolute Gasteiger partial charge is 0.322 e. The molecule has 0 bridgehead atoms. The summed E-state index contributed by atoms with van der Waals surface area (Å²) < 4.78 is 0. The van der Waals surface area contributed by atoms with Crippen molar-refractivity contribution in [3.63, 3.8) is 0 Å². The van der Waals surface area contributed by atoms with Crippen LogP contribution in [0.15, 0.2) is 0 Å². The van der Waals surface area contributed by atoms with Gasteiger partial charge in [0.15, 0.2) is 0 Å². The summed E-state index contributed by atoms with van der Waals surface area (Å²) in [6.45, 7) is 1.63. The van der Waals surface area contributed by atoms with Crippen molar-refractivity contribution in [3.05, 3.63) is 0 Å². The molecule has 0 aliphatic carbocycles. The van der Waals surface area contributed by atoms with Gasteiger partial charge in [0.25, 0.3) is 0 Å². The van der Waals surface area contributed by atoms with E-state index in [4.69, 9.17) is 5.11 Å². The highest BCUT2D eigenvalue weighted by Crippen LogP contribution is 2.11. The molecule has 0 spiro atoms. The molecule has 6 nitrogen and oxygen atoms in total. The molecule has 2 amide bonds. The van der Waals surface area contributed by atoms with E-state index in [0.717, 1.165) is 19.3 Å². The molecule has 134 valence electrons. The van der Waals surface area contributed by atoms with Crippen molar-refractivity contribution in [2.75, 3.05) is 13.1 Å². The second-order valence-corrected chi connectivity index (χ2v) is 5.88. The first-order valence-electron chi connectivity index (χ1n) is 8.81. The van der Waals surface area contributed by atoms with Gasteiger partial charge >= 0.3 is 5.97 Å². The van der Waals surface area contributed by atoms with Gasteiger partial charge in [-0.15, -0.1) is 0 Å². The Morgan fingerprint density at radius 1 is 0.696 bits per heavy atom. The average Bonchev–Trinajstić information content (AvgIpc) is 2.52. The Balaban J connectivity index is 3.33. The minimum atomic E-state index is -1.10. The van der Waals surface area contributed by atoms with E-state index in [-0.39, 0.29) is 12.5 Å². The lowest BCUT2D eigenvalue weighted by Gasteiger charge is -2.05. The van der Waals surface area contributed by atoms with Crippen LogP contribution in [0.3, 0.4) is 0 Å². The van der Waals surface area contributed by atoms with Crippen LogP contribution in [-0.4, -0.2) is 36.0 Å². The first-order valence-corrected chi connectivity index (χ1v) is 8.81. The Morgan fingerprint density at radius 2 is 1.17 bits per heavy atom. The van der Waals surface area contributed by atoms with Crippen LogP contribution in [-0.2, 0) is 14.4 Å². The fourth-order valence-corrected chi connectivity index (χ4v) is 2.28. The van der Waals surface area contributed by atoms with Gasteiger partial charge < -0.3 is 15.7 Å². The minimum Gasteiger partial charge on any atom is -0.480 e. The maximum Gasteiger partial charge on any atom is 0.322 e. The zero-order chi connectivity index (χ0) is 17.3. The van der Waals surface area contributed by atoms with Crippen molar-refractivity contribution in [1.29, 1.82) is 0 Å². The number of carboxylic acids is 1. The van der Waals surface area contributed by atoms with Crippen LogP contribution in [0, 0.1) is 0 Å². The lowest BCUT2D eigenvalue weighted by atomic mass is 10.1. The molecule has 6 heteroatoms. The normalized spacial score (nSPS) is 10.3. The topological polar surface area (TPSA) is 95.5 Å². The Bertz CT molecular complexity index is 345. The summed E-state index contributed by atoms with van der Waals surface area (Å²) in [4.78, 5) is 33.0. The lowest BCUT2D eigenvalue weighted by Crippen LogP contribution is -2.38. The molecule has 23 heavy (non-hydrogen) atoms. The Kier molecular flexibility index (Phi) is 14.3. The predicted octanol–water partition coefficient (Wildman–Crippen LogP) is 2.61. The molecule has 0 saturated heterocycles. The molecular weight excluding hydrogens is 296 g/mol. The van der Waals surface area contributed by atoms with Crippen molar-refractivity contribution in [1.82, 2.24) is 10.6 Å². The molecular formula is C17H32N2O4. The molecule has 0 unspecified atom stereocenters. The summed E-state index contributed by atoms with van der Waals surface area (Å²) in [6, 6.07) is 0. The number of unbranched alkanes of at least 4 members (excludes halogenated alkanes) is 9. The number of amides is 2. The zero-order valence-corrected chi connectivity index (χ0v) is 14.4. The molecule has 0 heterocycles. The molecule has 0 atom stereocenters. The molecule has 0 rings (SSSR count). The van der Waals surface area contributed by atoms with Crippen molar-refractivity contribution in [3.8, 4) is 0 Å². The van der Waals surface area contributed by atoms with Gasteiger partial charge in [0.2, 0.25) is 11.8 Å². The lowest BCUT2D eigenvalue weighted by molar-refractivity contribution is -0.137. The van der Waals surface area contributed by atoms with Gasteiger partial charge in [-0.25, -0.2) is 0 Å². The van der Waals surface area contributed by atoms with Gasteiger partial charge in [0.05, 0.1) is 6.54 Å². The third-order valence-corrected chi connectivity index (χ3v) is 3.64. The molecule has 0 aliphatic rings. The second kappa shape index (κ2) is 15.3. The highest BCUT2D eigenvalue weighted by atomic mass is 16.4. The van der Waals surface area contributed by atoms with E-state index in [1.807, 2.05) is 0 Å². The van der Waals surface area contributed by atoms with Crippen molar-refractivity contribution in [2.45, 2.75) is 77.6 Å². The minimum absolute atomic E-state index is 0.157. The molecule has 0 radical (unpaired) electrons. The van der Waals surface area contributed by atoms with Gasteiger partial charge in [0, 0.05) is 6.42 Å². The molecule has 3 N–H and O–H groups in total. The van der Waals surface area contributed by atoms with Crippen LogP contribution in [0.4, 0.5) is 0 Å². The van der Waals surface area contributed by atoms with Gasteiger partial charge in [-0.05, 0) is 6.42 Å². The largest absolute Gasteiger partial charge is 0.480 e. The number of aliphatic carboxylic acids is 1. The molecule has 0 aromatic carbocycles. The summed E-state index contributed by atoms with van der Waals surface area (Å²) in [5, 5.41) is 13.1. The van der Waals surface area contributed by atoms with Crippen LogP contribution < -0.4 is 10.6 Å². The summed E-state index contributed by atoms with van der Waals surface area (Å²) in [5.41, 5.74) is 0. The van der Waals surface area contributed by atoms with E-state index in [2.05, 4.69) is 17.6 Å². The van der Waals surface area contributed by atoms with E-state index >= 15 is 0 Å². The van der Waals surface area contributed by atoms with Gasteiger partial charge in [0.1, 0.15) is 6.54 Å². The van der Waals surface area contributed by atoms with E-state index in [9.17, 15) is 14.4 Å². The van der Waals surface area contributed by atoms with E-state index in [0.29, 0.717) is 6.42 Å². The van der Waals surface area contributed by atoms with Crippen LogP contribution >= 0.6 is 0 Å². The molecule has 0 aromatic rings. The van der Waals surface area contributed by atoms with Crippen LogP contribution in [0.2, 0.25) is 0 Å². The van der Waals surface area contributed by atoms with Crippen molar-refractivity contribution in [2.24, 2.45) is 0 Å². The summed E-state index contributed by atoms with van der Waals surface area (Å²) in [5.74, 6) is -1.74. The number of nitrogens with one attached hydrogen (secondary N) is 2. The highest BCUT2D eigenvalue weighted by molar-refractivity contribution is 5.86. The molecule has 0 saturated carbocycles. The number of hydrogen-bond acceptors (Lipinski definition) is 3. The Morgan fingerprint density at radius 3 is 1.70 bits per heavy atom. The fourth-order valence-electron chi connectivity index (χ4n) is 2.28. The van der Waals surface area contributed by atoms with Gasteiger partial charge in [-0.2, -0.15) is 0 Å². The number of hydrogen-bond donors (Lipinski definition) is 3. The third-order valence-electron chi connectivity index (χ3n) is 3.64. The van der Waals surface area contributed by atoms with Crippen LogP contribution in [0.5, 0.6) is 0 Å². The van der Waals surface area contributed by atoms with Crippen molar-refractivity contribution < 1.29 is 19.5 Å². The maximum atomic E-state index is 11.5. The fraction of sp³-hybridized carbons (Fsp3) is 0.824. The summed E-state index contributed by atoms with van der Waals surface area (Å²) in [6.07, 6.45) is 12.6. The maximum absolute atomic E-state index is 11.5. The van der Waals surface area contributed by atoms with Crippen LogP contribution in [0.1, 0.15) is 77.6 Å². The quantitative estimate of drug-likeness (QED) is 0.403. The number of carbonyl (C=O) groups is 3. The monoisotopic (exact) mass is 328 g/mol. The first kappa shape index (κ1) is 21.4. The number of carbonyl (C=O) groups excluding carboxylic acids is 2. The SMILES string of the molecule is CCCCCCCCCCCCC(=O)NCC(=O)NCC(=O)O. The second-order valence-electron chi connectivity index (χ2n) is 5.88. The van der Waals surface area contributed by atoms with E-state index in [1.54, 1.807) is 0 Å².